The van der Waals surface area contributed by atoms with Crippen LogP contribution in [0.5, 0.6) is 0 Å². The predicted molar refractivity (Wildman–Crippen MR) is 97.0 cm³/mol. The van der Waals surface area contributed by atoms with Gasteiger partial charge in [-0.1, -0.05) is 23.7 Å². The molecule has 0 N–H and O–H groups in total. The molecule has 0 fully saturated rings. The van der Waals surface area contributed by atoms with E-state index in [9.17, 15) is 9.18 Å². The van der Waals surface area contributed by atoms with Gasteiger partial charge >= 0.3 is 0 Å². The van der Waals surface area contributed by atoms with Gasteiger partial charge in [0.25, 0.3) is 0 Å². The zero-order valence-electron chi connectivity index (χ0n) is 13.7. The van der Waals surface area contributed by atoms with Gasteiger partial charge < -0.3 is 4.42 Å². The Morgan fingerprint density at radius 2 is 2.12 bits per heavy atom. The molecule has 0 radical (unpaired) electrons. The number of Topliss-reactive ketones (excluding diaryl/α,β-unsaturated/α-hetero) is 1. The van der Waals surface area contributed by atoms with Crippen LogP contribution in [0.4, 0.5) is 4.39 Å². The highest BCUT2D eigenvalue weighted by atomic mass is 35.5. The zero-order valence-corrected chi connectivity index (χ0v) is 14.4. The predicted octanol–water partition coefficient (Wildman–Crippen LogP) is 5.20. The first-order valence-electron chi connectivity index (χ1n) is 8.10. The smallest absolute Gasteiger partial charge is 0.166 e. The Bertz CT molecular complexity index is 1080. The van der Waals surface area contributed by atoms with E-state index in [1.165, 1.54) is 12.3 Å². The van der Waals surface area contributed by atoms with E-state index >= 15 is 0 Å². The number of rotatable bonds is 5. The molecule has 0 aliphatic carbocycles. The molecule has 4 aromatic rings. The highest BCUT2D eigenvalue weighted by molar-refractivity contribution is 6.31. The number of benzene rings is 1. The maximum atomic E-state index is 13.8. The molecular weight excluding hydrogens is 355 g/mol. The maximum absolute atomic E-state index is 13.8. The van der Waals surface area contributed by atoms with Crippen molar-refractivity contribution in [2.45, 2.75) is 12.8 Å². The van der Waals surface area contributed by atoms with E-state index in [1.54, 1.807) is 24.4 Å². The van der Waals surface area contributed by atoms with E-state index in [1.807, 2.05) is 28.8 Å². The Morgan fingerprint density at radius 3 is 2.96 bits per heavy atom. The molecule has 0 atom stereocenters. The number of hydrogen-bond donors (Lipinski definition) is 0. The van der Waals surface area contributed by atoms with Crippen LogP contribution < -0.4 is 0 Å². The molecule has 0 spiro atoms. The molecule has 3 heterocycles. The van der Waals surface area contributed by atoms with Crippen molar-refractivity contribution in [3.8, 4) is 11.5 Å². The summed E-state index contributed by atoms with van der Waals surface area (Å²) in [5.74, 6) is 0.0213. The van der Waals surface area contributed by atoms with Crippen LogP contribution in [-0.2, 0) is 6.42 Å². The van der Waals surface area contributed by atoms with Crippen LogP contribution in [0.2, 0.25) is 5.02 Å². The quantitative estimate of drug-likeness (QED) is 0.455. The molecule has 1 aromatic carbocycles. The Labute approximate surface area is 153 Å². The van der Waals surface area contributed by atoms with Crippen LogP contribution in [-0.4, -0.2) is 15.2 Å². The number of carbonyl (C=O) groups excluding carboxylic acids is 1. The first-order chi connectivity index (χ1) is 12.6. The Kier molecular flexibility index (Phi) is 4.31. The van der Waals surface area contributed by atoms with Crippen molar-refractivity contribution in [1.29, 1.82) is 0 Å². The minimum atomic E-state index is -0.399. The molecule has 0 amide bonds. The Morgan fingerprint density at radius 1 is 1.23 bits per heavy atom. The van der Waals surface area contributed by atoms with Crippen LogP contribution >= 0.6 is 11.6 Å². The first-order valence-corrected chi connectivity index (χ1v) is 8.48. The molecule has 6 heteroatoms. The van der Waals surface area contributed by atoms with Gasteiger partial charge in [0, 0.05) is 23.2 Å². The molecule has 0 saturated carbocycles. The highest BCUT2D eigenvalue weighted by Gasteiger charge is 2.16. The minimum Gasteiger partial charge on any atom is -0.462 e. The van der Waals surface area contributed by atoms with E-state index in [-0.39, 0.29) is 18.6 Å². The van der Waals surface area contributed by atoms with Crippen molar-refractivity contribution < 1.29 is 13.6 Å². The number of halogens is 2. The molecule has 0 aliphatic heterocycles. The topological polar surface area (TPSA) is 47.5 Å². The number of pyridine rings is 1. The Balaban J connectivity index is 1.53. The second-order valence-corrected chi connectivity index (χ2v) is 6.30. The second kappa shape index (κ2) is 6.77. The number of fused-ring (bicyclic) bond motifs is 1. The number of aromatic nitrogens is 2. The number of hydrogen-bond acceptors (Lipinski definition) is 3. The molecule has 26 heavy (non-hydrogen) atoms. The summed E-state index contributed by atoms with van der Waals surface area (Å²) in [6, 6.07) is 11.9. The molecule has 3 aromatic heterocycles. The summed E-state index contributed by atoms with van der Waals surface area (Å²) in [6.07, 6.45) is 5.37. The summed E-state index contributed by atoms with van der Waals surface area (Å²) >= 11 is 6.01. The maximum Gasteiger partial charge on any atom is 0.166 e. The van der Waals surface area contributed by atoms with E-state index in [0.29, 0.717) is 21.9 Å². The van der Waals surface area contributed by atoms with Crippen molar-refractivity contribution in [2.75, 3.05) is 0 Å². The summed E-state index contributed by atoms with van der Waals surface area (Å²) in [7, 11) is 0. The third-order valence-electron chi connectivity index (χ3n) is 4.25. The van der Waals surface area contributed by atoms with Gasteiger partial charge in [-0.2, -0.15) is 0 Å². The molecule has 130 valence electrons. The van der Waals surface area contributed by atoms with E-state index in [4.69, 9.17) is 16.0 Å². The first kappa shape index (κ1) is 16.5. The summed E-state index contributed by atoms with van der Waals surface area (Å²) in [4.78, 5) is 16.7. The molecular formula is C20H14ClFN2O2. The van der Waals surface area contributed by atoms with Crippen molar-refractivity contribution in [2.24, 2.45) is 0 Å². The van der Waals surface area contributed by atoms with Crippen molar-refractivity contribution in [3.63, 3.8) is 0 Å². The van der Waals surface area contributed by atoms with Crippen LogP contribution in [0.25, 0.3) is 17.1 Å². The van der Waals surface area contributed by atoms with Gasteiger partial charge in [0.15, 0.2) is 11.5 Å². The van der Waals surface area contributed by atoms with Crippen molar-refractivity contribution in [1.82, 2.24) is 9.38 Å². The largest absolute Gasteiger partial charge is 0.462 e. The van der Waals surface area contributed by atoms with Gasteiger partial charge in [-0.05, 0) is 36.8 Å². The zero-order chi connectivity index (χ0) is 18.1. The molecule has 4 rings (SSSR count). The summed E-state index contributed by atoms with van der Waals surface area (Å²) in [6.45, 7) is 0. The number of imidazole rings is 1. The lowest BCUT2D eigenvalue weighted by Gasteiger charge is -2.04. The van der Waals surface area contributed by atoms with E-state index < -0.39 is 5.82 Å². The van der Waals surface area contributed by atoms with Gasteiger partial charge in [0.1, 0.15) is 23.4 Å². The molecule has 4 nitrogen and oxygen atoms in total. The molecule has 0 unspecified atom stereocenters. The summed E-state index contributed by atoms with van der Waals surface area (Å²) < 4.78 is 21.3. The molecule has 0 saturated heterocycles. The fourth-order valence-corrected chi connectivity index (χ4v) is 3.14. The third-order valence-corrected chi connectivity index (χ3v) is 4.61. The average Bonchev–Trinajstić information content (AvgIpc) is 3.28. The average molecular weight is 369 g/mol. The molecule has 0 aliphatic rings. The van der Waals surface area contributed by atoms with Gasteiger partial charge in [0.05, 0.1) is 11.8 Å². The van der Waals surface area contributed by atoms with Crippen LogP contribution in [0, 0.1) is 5.82 Å². The molecule has 0 bridgehead atoms. The van der Waals surface area contributed by atoms with Gasteiger partial charge in [-0.3, -0.25) is 9.20 Å². The van der Waals surface area contributed by atoms with E-state index in [0.717, 1.165) is 11.3 Å². The number of nitrogens with zero attached hydrogens (tertiary/aromatic N) is 2. The summed E-state index contributed by atoms with van der Waals surface area (Å²) in [5, 5.41) is 0.330. The lowest BCUT2D eigenvalue weighted by atomic mass is 10.0. The lowest BCUT2D eigenvalue weighted by Crippen LogP contribution is -2.01. The summed E-state index contributed by atoms with van der Waals surface area (Å²) in [5.41, 5.74) is 2.35. The lowest BCUT2D eigenvalue weighted by molar-refractivity contribution is 0.0982. The standard InChI is InChI=1S/C20H14ClFN2O2/c21-15-4-3-5-16(22)14(15)7-8-18(25)13-10-19(26-12-13)17-11-23-20-6-1-2-9-24(17)20/h1-6,9-12H,7-8H2. The van der Waals surface area contributed by atoms with Crippen LogP contribution in [0.1, 0.15) is 22.3 Å². The van der Waals surface area contributed by atoms with Crippen LogP contribution in [0.15, 0.2) is 65.5 Å². The van der Waals surface area contributed by atoms with Crippen molar-refractivity contribution in [3.05, 3.63) is 83.1 Å². The fourth-order valence-electron chi connectivity index (χ4n) is 2.89. The number of carbonyl (C=O) groups is 1. The fraction of sp³-hybridized carbons (Fsp3) is 0.100. The number of ketones is 1. The van der Waals surface area contributed by atoms with E-state index in [2.05, 4.69) is 4.98 Å². The number of furan rings is 1. The normalized spacial score (nSPS) is 11.2. The third kappa shape index (κ3) is 3.02. The SMILES string of the molecule is O=C(CCc1c(F)cccc1Cl)c1coc(-c2cnc3ccccn23)c1. The van der Waals surface area contributed by atoms with Crippen molar-refractivity contribution >= 4 is 23.0 Å². The van der Waals surface area contributed by atoms with Gasteiger partial charge in [-0.25, -0.2) is 9.37 Å². The van der Waals surface area contributed by atoms with Crippen LogP contribution in [0.3, 0.4) is 0 Å². The minimum absolute atomic E-state index is 0.131. The monoisotopic (exact) mass is 368 g/mol. The van der Waals surface area contributed by atoms with Gasteiger partial charge in [-0.15, -0.1) is 0 Å². The Hall–Kier alpha value is -2.92. The van der Waals surface area contributed by atoms with Gasteiger partial charge in [0.2, 0.25) is 0 Å². The highest BCUT2D eigenvalue weighted by Crippen LogP contribution is 2.25. The second-order valence-electron chi connectivity index (χ2n) is 5.90.